The molecule has 0 aliphatic rings. The zero-order valence-corrected chi connectivity index (χ0v) is 18.3. The Morgan fingerprint density at radius 3 is 2.32 bits per heavy atom. The fraction of sp³-hybridized carbons (Fsp3) is 0.333. The van der Waals surface area contributed by atoms with Crippen LogP contribution < -0.4 is 5.32 Å². The Kier molecular flexibility index (Phi) is 9.16. The van der Waals surface area contributed by atoms with Gasteiger partial charge in [0.05, 0.1) is 5.75 Å². The summed E-state index contributed by atoms with van der Waals surface area (Å²) in [6, 6.07) is 14.5. The number of rotatable bonds is 9. The SMILES string of the molecule is CCNC(=O)C(C)N(Cc1ccccc1)C(=O)CSCc1c(Cl)cccc1Cl. The van der Waals surface area contributed by atoms with E-state index in [2.05, 4.69) is 5.32 Å². The van der Waals surface area contributed by atoms with Gasteiger partial charge in [-0.1, -0.05) is 59.6 Å². The summed E-state index contributed by atoms with van der Waals surface area (Å²) in [5.74, 6) is 0.499. The van der Waals surface area contributed by atoms with E-state index in [9.17, 15) is 9.59 Å². The Morgan fingerprint density at radius 2 is 1.71 bits per heavy atom. The molecule has 0 radical (unpaired) electrons. The first-order chi connectivity index (χ1) is 13.4. The van der Waals surface area contributed by atoms with E-state index < -0.39 is 6.04 Å². The molecule has 0 bridgehead atoms. The molecule has 150 valence electrons. The van der Waals surface area contributed by atoms with Gasteiger partial charge < -0.3 is 10.2 Å². The first kappa shape index (κ1) is 22.6. The number of nitrogens with one attached hydrogen (secondary N) is 1. The van der Waals surface area contributed by atoms with Gasteiger partial charge in [0.1, 0.15) is 6.04 Å². The van der Waals surface area contributed by atoms with Crippen LogP contribution in [0.25, 0.3) is 0 Å². The van der Waals surface area contributed by atoms with Gasteiger partial charge in [0.15, 0.2) is 0 Å². The van der Waals surface area contributed by atoms with Crippen LogP contribution >= 0.6 is 35.0 Å². The Bertz CT molecular complexity index is 782. The number of thioether (sulfide) groups is 1. The molecule has 0 aliphatic heterocycles. The number of benzene rings is 2. The quantitative estimate of drug-likeness (QED) is 0.612. The largest absolute Gasteiger partial charge is 0.355 e. The molecule has 0 spiro atoms. The topological polar surface area (TPSA) is 49.4 Å². The fourth-order valence-corrected chi connectivity index (χ4v) is 4.33. The van der Waals surface area contributed by atoms with Crippen LogP contribution in [0.3, 0.4) is 0 Å². The lowest BCUT2D eigenvalue weighted by Crippen LogP contribution is -2.48. The van der Waals surface area contributed by atoms with Crippen LogP contribution in [0.5, 0.6) is 0 Å². The summed E-state index contributed by atoms with van der Waals surface area (Å²) >= 11 is 13.8. The summed E-state index contributed by atoms with van der Waals surface area (Å²) in [4.78, 5) is 26.8. The first-order valence-electron chi connectivity index (χ1n) is 9.05. The summed E-state index contributed by atoms with van der Waals surface area (Å²) in [6.45, 7) is 4.51. The fourth-order valence-electron chi connectivity index (χ4n) is 2.68. The van der Waals surface area contributed by atoms with Crippen LogP contribution in [0, 0.1) is 0 Å². The van der Waals surface area contributed by atoms with E-state index in [1.165, 1.54) is 11.8 Å². The van der Waals surface area contributed by atoms with Crippen molar-refractivity contribution >= 4 is 46.8 Å². The molecule has 0 saturated carbocycles. The van der Waals surface area contributed by atoms with Gasteiger partial charge in [-0.15, -0.1) is 11.8 Å². The van der Waals surface area contributed by atoms with Gasteiger partial charge in [-0.2, -0.15) is 0 Å². The molecule has 2 amide bonds. The van der Waals surface area contributed by atoms with Gasteiger partial charge in [0.2, 0.25) is 11.8 Å². The molecule has 0 saturated heterocycles. The normalized spacial score (nSPS) is 11.7. The van der Waals surface area contributed by atoms with E-state index in [1.807, 2.05) is 37.3 Å². The molecule has 2 aromatic carbocycles. The molecule has 28 heavy (non-hydrogen) atoms. The molecule has 2 rings (SSSR count). The third kappa shape index (κ3) is 6.43. The molecule has 0 aliphatic carbocycles. The highest BCUT2D eigenvalue weighted by Gasteiger charge is 2.25. The van der Waals surface area contributed by atoms with Crippen molar-refractivity contribution < 1.29 is 9.59 Å². The zero-order valence-electron chi connectivity index (χ0n) is 16.0. The third-order valence-electron chi connectivity index (χ3n) is 4.25. The lowest BCUT2D eigenvalue weighted by Gasteiger charge is -2.28. The number of carbonyl (C=O) groups excluding carboxylic acids is 2. The molecular formula is C21H24Cl2N2O2S. The molecule has 4 nitrogen and oxygen atoms in total. The molecule has 2 aromatic rings. The Labute approximate surface area is 180 Å². The van der Waals surface area contributed by atoms with Crippen molar-refractivity contribution in [1.29, 1.82) is 0 Å². The number of likely N-dealkylation sites (N-methyl/N-ethyl adjacent to an activating group) is 1. The van der Waals surface area contributed by atoms with E-state index >= 15 is 0 Å². The van der Waals surface area contributed by atoms with Crippen LogP contribution in [0.4, 0.5) is 0 Å². The van der Waals surface area contributed by atoms with E-state index in [-0.39, 0.29) is 17.6 Å². The maximum absolute atomic E-state index is 12.9. The number of carbonyl (C=O) groups is 2. The first-order valence-corrected chi connectivity index (χ1v) is 11.0. The lowest BCUT2D eigenvalue weighted by atomic mass is 10.1. The van der Waals surface area contributed by atoms with E-state index in [4.69, 9.17) is 23.2 Å². The third-order valence-corrected chi connectivity index (χ3v) is 5.90. The Morgan fingerprint density at radius 1 is 1.07 bits per heavy atom. The summed E-state index contributed by atoms with van der Waals surface area (Å²) in [7, 11) is 0. The van der Waals surface area contributed by atoms with Crippen molar-refractivity contribution in [2.24, 2.45) is 0 Å². The monoisotopic (exact) mass is 438 g/mol. The van der Waals surface area contributed by atoms with E-state index in [0.717, 1.165) is 11.1 Å². The summed E-state index contributed by atoms with van der Waals surface area (Å²) in [5, 5.41) is 3.96. The second kappa shape index (κ2) is 11.3. The van der Waals surface area contributed by atoms with E-state index in [1.54, 1.807) is 30.0 Å². The summed E-state index contributed by atoms with van der Waals surface area (Å²) in [5.41, 5.74) is 1.79. The molecule has 1 unspecified atom stereocenters. The van der Waals surface area contributed by atoms with Crippen molar-refractivity contribution in [1.82, 2.24) is 10.2 Å². The number of amides is 2. The minimum absolute atomic E-state index is 0.101. The van der Waals surface area contributed by atoms with Crippen molar-refractivity contribution in [2.45, 2.75) is 32.2 Å². The lowest BCUT2D eigenvalue weighted by molar-refractivity contribution is -0.138. The van der Waals surface area contributed by atoms with Crippen molar-refractivity contribution in [3.05, 3.63) is 69.7 Å². The van der Waals surface area contributed by atoms with Gasteiger partial charge in [-0.25, -0.2) is 0 Å². The Hall–Kier alpha value is -1.69. The molecular weight excluding hydrogens is 415 g/mol. The number of hydrogen-bond acceptors (Lipinski definition) is 3. The standard InChI is InChI=1S/C21H24Cl2N2O2S/c1-3-24-21(27)15(2)25(12-16-8-5-4-6-9-16)20(26)14-28-13-17-18(22)10-7-11-19(17)23/h4-11,15H,3,12-14H2,1-2H3,(H,24,27). The molecule has 7 heteroatoms. The number of nitrogens with zero attached hydrogens (tertiary/aromatic N) is 1. The number of hydrogen-bond donors (Lipinski definition) is 1. The molecule has 0 fully saturated rings. The average molecular weight is 439 g/mol. The zero-order chi connectivity index (χ0) is 20.5. The predicted octanol–water partition coefficient (Wildman–Crippen LogP) is 4.78. The number of halogens is 2. The minimum Gasteiger partial charge on any atom is -0.355 e. The molecule has 1 N–H and O–H groups in total. The molecule has 1 atom stereocenters. The second-order valence-electron chi connectivity index (χ2n) is 6.27. The van der Waals surface area contributed by atoms with Crippen molar-refractivity contribution in [3.63, 3.8) is 0 Å². The summed E-state index contributed by atoms with van der Waals surface area (Å²) < 4.78 is 0. The van der Waals surface area contributed by atoms with Crippen LogP contribution in [-0.2, 0) is 21.9 Å². The Balaban J connectivity index is 2.06. The van der Waals surface area contributed by atoms with E-state index in [0.29, 0.717) is 28.9 Å². The van der Waals surface area contributed by atoms with Crippen molar-refractivity contribution in [3.8, 4) is 0 Å². The van der Waals surface area contributed by atoms with Gasteiger partial charge in [-0.3, -0.25) is 9.59 Å². The van der Waals surface area contributed by atoms with Gasteiger partial charge in [0.25, 0.3) is 0 Å². The van der Waals surface area contributed by atoms with Gasteiger partial charge in [-0.05, 0) is 37.1 Å². The highest BCUT2D eigenvalue weighted by Crippen LogP contribution is 2.28. The predicted molar refractivity (Wildman–Crippen MR) is 118 cm³/mol. The molecule has 0 aromatic heterocycles. The maximum atomic E-state index is 12.9. The maximum Gasteiger partial charge on any atom is 0.242 e. The van der Waals surface area contributed by atoms with Gasteiger partial charge >= 0.3 is 0 Å². The highest BCUT2D eigenvalue weighted by atomic mass is 35.5. The van der Waals surface area contributed by atoms with Crippen LogP contribution in [0.15, 0.2) is 48.5 Å². The van der Waals surface area contributed by atoms with Crippen LogP contribution in [0.2, 0.25) is 10.0 Å². The van der Waals surface area contributed by atoms with Crippen molar-refractivity contribution in [2.75, 3.05) is 12.3 Å². The summed E-state index contributed by atoms with van der Waals surface area (Å²) in [6.07, 6.45) is 0. The van der Waals surface area contributed by atoms with Crippen LogP contribution in [0.1, 0.15) is 25.0 Å². The smallest absolute Gasteiger partial charge is 0.242 e. The highest BCUT2D eigenvalue weighted by molar-refractivity contribution is 7.99. The molecule has 0 heterocycles. The van der Waals surface area contributed by atoms with Crippen LogP contribution in [-0.4, -0.2) is 35.1 Å². The second-order valence-corrected chi connectivity index (χ2v) is 8.07. The average Bonchev–Trinajstić information content (AvgIpc) is 2.68. The minimum atomic E-state index is -0.558. The van der Waals surface area contributed by atoms with Gasteiger partial charge in [0, 0.05) is 28.9 Å².